The van der Waals surface area contributed by atoms with Gasteiger partial charge < -0.3 is 129 Å². The van der Waals surface area contributed by atoms with Gasteiger partial charge in [0.1, 0.15) is 89.5 Å². The summed E-state index contributed by atoms with van der Waals surface area (Å²) in [5.41, 5.74) is 14.1. The third-order valence-corrected chi connectivity index (χ3v) is 18.1. The molecule has 0 saturated carbocycles. The summed E-state index contributed by atoms with van der Waals surface area (Å²) in [6.45, 7) is 5.53. The third kappa shape index (κ3) is 16.2. The first-order valence-corrected chi connectivity index (χ1v) is 31.9. The molecule has 0 aliphatic carbocycles. The standard InChI is InChI=1S/C65H73Cl2N9O24.ClH/c1-22(2)11-33(68)57(87)75-48-50(82)25-6-9-37(31(66)13-25)96-39-15-27-16-40(54(39)100-64-55(53(85)52(84)41(21-77)98-64)99-43-20-65(4,70)56(86)23(3)95-43)97-38-10-7-26(14-32(38)67)51(83)49-62(92)74-47(63(93)94)30-17-28(78)18-36(80)44(30)29-12-24(5-8-35(29)79)45(59(89)76-49)73-60(90)46(27)72-58(88)34(19-42(69)81)71-61(48)91;/h5-10,12-18,22-23,33-34,41,43,45-53,55-56,64,77-80,82-86H,11,19-21,68,70H2,1-4H3,(H2,69,81)(H,71,91)(H,72,88)(H,73,90)(H,74,92)(H,75,87)(H,76,89)(H,93,94);1H/t23-,33+,34-,41+,43+,45+,46+,47-,48+,49-,50+,51+,52+,53-,55+,56+,64-,65-;/m0./s1. The Hall–Kier alpha value is -8.91. The van der Waals surface area contributed by atoms with E-state index < -0.39 is 237 Å². The van der Waals surface area contributed by atoms with Crippen molar-refractivity contribution in [2.45, 2.75) is 156 Å². The number of hydrogen-bond acceptors (Lipinski definition) is 25. The molecule has 7 aliphatic heterocycles. The van der Waals surface area contributed by atoms with Gasteiger partial charge in [0, 0.05) is 34.7 Å². The maximum atomic E-state index is 16.0. The fraction of sp³-hybridized carbons (Fsp3) is 0.415. The number of aromatic hydroxyl groups is 3. The molecule has 5 aromatic carbocycles. The molecule has 12 rings (SSSR count). The van der Waals surface area contributed by atoms with Crippen molar-refractivity contribution >= 4 is 82.9 Å². The molecule has 7 aliphatic rings. The molecule has 33 nitrogen and oxygen atoms in total. The molecule has 36 heteroatoms. The van der Waals surface area contributed by atoms with E-state index in [1.165, 1.54) is 26.0 Å². The normalized spacial score (nSPS) is 29.3. The zero-order valence-corrected chi connectivity index (χ0v) is 56.1. The van der Waals surface area contributed by atoms with Gasteiger partial charge in [-0.15, -0.1) is 12.4 Å². The number of fused-ring (bicyclic) bond motifs is 15. The quantitative estimate of drug-likeness (QED) is 0.0797. The van der Waals surface area contributed by atoms with Crippen molar-refractivity contribution in [2.24, 2.45) is 23.1 Å². The molecule has 0 radical (unpaired) electrons. The minimum atomic E-state index is -2.35. The highest BCUT2D eigenvalue weighted by atomic mass is 35.5. The number of benzene rings is 5. The molecular weight excluding hydrogens is 1400 g/mol. The molecule has 2 saturated heterocycles. The fourth-order valence-electron chi connectivity index (χ4n) is 12.3. The number of aliphatic hydroxyl groups excluding tert-OH is 6. The van der Waals surface area contributed by atoms with E-state index in [1.54, 1.807) is 13.8 Å². The number of carbonyl (C=O) groups excluding carboxylic acids is 7. The van der Waals surface area contributed by atoms with Crippen molar-refractivity contribution in [2.75, 3.05) is 6.61 Å². The van der Waals surface area contributed by atoms with Crippen LogP contribution in [0.5, 0.6) is 46.0 Å². The molecule has 18 atom stereocenters. The molecule has 7 heterocycles. The highest BCUT2D eigenvalue weighted by Crippen LogP contribution is 2.50. The lowest BCUT2D eigenvalue weighted by molar-refractivity contribution is -0.333. The van der Waals surface area contributed by atoms with Gasteiger partial charge in [0.05, 0.1) is 41.3 Å². The monoisotopic (exact) mass is 1470 g/mol. The van der Waals surface area contributed by atoms with E-state index in [0.29, 0.717) is 0 Å². The molecular formula is C65H74Cl3N9O24. The van der Waals surface area contributed by atoms with E-state index >= 15 is 14.4 Å². The maximum Gasteiger partial charge on any atom is 0.330 e. The first kappa shape index (κ1) is 76.3. The van der Waals surface area contributed by atoms with E-state index in [2.05, 4.69) is 31.9 Å². The molecule has 544 valence electrons. The summed E-state index contributed by atoms with van der Waals surface area (Å²) in [4.78, 5) is 116. The zero-order chi connectivity index (χ0) is 72.8. The van der Waals surface area contributed by atoms with Gasteiger partial charge in [-0.2, -0.15) is 0 Å². The number of aliphatic hydroxyl groups is 6. The zero-order valence-electron chi connectivity index (χ0n) is 53.8. The minimum Gasteiger partial charge on any atom is -0.508 e. The minimum absolute atomic E-state index is 0. The van der Waals surface area contributed by atoms with Gasteiger partial charge in [0.2, 0.25) is 53.4 Å². The molecule has 22 N–H and O–H groups in total. The molecule has 11 bridgehead atoms. The van der Waals surface area contributed by atoms with Gasteiger partial charge in [-0.05, 0) is 103 Å². The van der Waals surface area contributed by atoms with Crippen LogP contribution >= 0.6 is 35.6 Å². The average Bonchev–Trinajstić information content (AvgIpc) is 0.769. The molecule has 0 unspecified atom stereocenters. The van der Waals surface area contributed by atoms with Crippen molar-refractivity contribution in [1.29, 1.82) is 0 Å². The van der Waals surface area contributed by atoms with Crippen molar-refractivity contribution in [1.82, 2.24) is 31.9 Å². The highest BCUT2D eigenvalue weighted by molar-refractivity contribution is 6.32. The summed E-state index contributed by atoms with van der Waals surface area (Å²) in [5, 5.41) is 127. The number of carboxylic acids is 1. The van der Waals surface area contributed by atoms with Crippen LogP contribution in [0.4, 0.5) is 0 Å². The molecule has 0 aromatic heterocycles. The number of amides is 7. The third-order valence-electron chi connectivity index (χ3n) is 17.5. The van der Waals surface area contributed by atoms with E-state index in [9.17, 15) is 75.0 Å². The van der Waals surface area contributed by atoms with Crippen molar-refractivity contribution in [3.8, 4) is 57.1 Å². The van der Waals surface area contributed by atoms with Gasteiger partial charge in [-0.1, -0.05) is 55.2 Å². The van der Waals surface area contributed by atoms with Gasteiger partial charge in [0.15, 0.2) is 29.9 Å². The van der Waals surface area contributed by atoms with Crippen LogP contribution in [0.25, 0.3) is 11.1 Å². The Kier molecular flexibility index (Phi) is 23.2. The molecule has 101 heavy (non-hydrogen) atoms. The number of carbonyl (C=O) groups is 8. The summed E-state index contributed by atoms with van der Waals surface area (Å²) >= 11 is 14.1. The SMILES string of the molecule is CC(C)C[C@@H](N)C(=O)N[C@H]1C(=O)N[C@@H](CC(N)=O)C(=O)N[C@H]2C(=O)N[C@H]3C(=O)N[C@H](C(=O)N[C@H](C(=O)O)c4cc(O)cc(O)c4-c4cc3ccc4O)[C@H](O)c3ccc(c(Cl)c3)Oc3cc2cc(c3O[C@@H]2O[C@H](CO)[C@@H](O)[C@H](O)[C@H]2O[C@@H]2C[C@](C)(N)[C@H](O)[C@H](C)O2)Oc2ccc(cc2Cl)[C@H]1O.Cl. The van der Waals surface area contributed by atoms with Gasteiger partial charge in [-0.3, -0.25) is 33.6 Å². The van der Waals surface area contributed by atoms with Crippen LogP contribution in [0.15, 0.2) is 78.9 Å². The summed E-state index contributed by atoms with van der Waals surface area (Å²) in [7, 11) is 0. The Labute approximate surface area is 589 Å². The number of rotatable bonds is 12. The molecule has 7 amide bonds. The first-order chi connectivity index (χ1) is 47.1. The Morgan fingerprint density at radius 1 is 0.713 bits per heavy atom. The number of phenols is 3. The predicted octanol–water partition coefficient (Wildman–Crippen LogP) is 0.267. The lowest BCUT2D eigenvalue weighted by atomic mass is 9.86. The lowest BCUT2D eigenvalue weighted by Gasteiger charge is -2.47. The number of primary amides is 1. The number of aliphatic carboxylic acids is 1. The largest absolute Gasteiger partial charge is 0.508 e. The number of carboxylic acid groups (broad SMARTS) is 1. The summed E-state index contributed by atoms with van der Waals surface area (Å²) in [6, 6.07) is -1.18. The van der Waals surface area contributed by atoms with E-state index in [4.69, 9.17) is 68.8 Å². The van der Waals surface area contributed by atoms with E-state index in [-0.39, 0.29) is 58.6 Å². The number of nitrogens with two attached hydrogens (primary N) is 3. The maximum absolute atomic E-state index is 16.0. The van der Waals surface area contributed by atoms with Crippen molar-refractivity contribution in [3.63, 3.8) is 0 Å². The second-order valence-corrected chi connectivity index (χ2v) is 26.3. The first-order valence-electron chi connectivity index (χ1n) is 31.2. The van der Waals surface area contributed by atoms with Crippen LogP contribution in [0.3, 0.4) is 0 Å². The van der Waals surface area contributed by atoms with Crippen LogP contribution < -0.4 is 63.3 Å². The van der Waals surface area contributed by atoms with Crippen molar-refractivity contribution < 1.29 is 118 Å². The van der Waals surface area contributed by atoms with E-state index in [0.717, 1.165) is 66.7 Å². The lowest BCUT2D eigenvalue weighted by Crippen LogP contribution is -2.64. The Bertz CT molecular complexity index is 4060. The fourth-order valence-corrected chi connectivity index (χ4v) is 12.7. The number of halogens is 3. The second-order valence-electron chi connectivity index (χ2n) is 25.5. The number of phenolic OH excluding ortho intramolecular Hbond substituents is 3. The molecule has 0 spiro atoms. The van der Waals surface area contributed by atoms with Crippen LogP contribution in [-0.2, 0) is 52.6 Å². The Balaban J connectivity index is 0.0000119. The average molecular weight is 1470 g/mol. The summed E-state index contributed by atoms with van der Waals surface area (Å²) in [6.07, 6.45) is -18.8. The Morgan fingerprint density at radius 2 is 1.31 bits per heavy atom. The smallest absolute Gasteiger partial charge is 0.330 e. The molecule has 2 fully saturated rings. The van der Waals surface area contributed by atoms with Crippen LogP contribution in [0, 0.1) is 5.92 Å². The van der Waals surface area contributed by atoms with E-state index in [1.807, 2.05) is 0 Å². The van der Waals surface area contributed by atoms with Gasteiger partial charge in [-0.25, -0.2) is 4.79 Å². The van der Waals surface area contributed by atoms with Crippen molar-refractivity contribution in [3.05, 3.63) is 117 Å². The summed E-state index contributed by atoms with van der Waals surface area (Å²) < 4.78 is 38.2. The Morgan fingerprint density at radius 3 is 1.89 bits per heavy atom. The predicted molar refractivity (Wildman–Crippen MR) is 352 cm³/mol. The van der Waals surface area contributed by atoms with Gasteiger partial charge in [0.25, 0.3) is 0 Å². The van der Waals surface area contributed by atoms with Gasteiger partial charge >= 0.3 is 5.97 Å². The highest BCUT2D eigenvalue weighted by Gasteiger charge is 2.51. The summed E-state index contributed by atoms with van der Waals surface area (Å²) in [5.74, 6) is -16.3. The van der Waals surface area contributed by atoms with Crippen LogP contribution in [0.1, 0.15) is 105 Å². The number of ether oxygens (including phenoxy) is 6. The number of hydrogen-bond donors (Lipinski definition) is 19. The van der Waals surface area contributed by atoms with Crippen LogP contribution in [-0.4, -0.2) is 184 Å². The topological polar surface area (TPSA) is 544 Å². The molecule has 5 aromatic rings. The van der Waals surface area contributed by atoms with Crippen LogP contribution in [0.2, 0.25) is 10.0 Å². The number of nitrogens with one attached hydrogen (secondary N) is 6. The second kappa shape index (κ2) is 30.7.